The van der Waals surface area contributed by atoms with E-state index in [-0.39, 0.29) is 30.8 Å². The molecule has 302 valence electrons. The van der Waals surface area contributed by atoms with E-state index in [1.54, 1.807) is 11.8 Å². The Balaban J connectivity index is 0.000000704. The summed E-state index contributed by atoms with van der Waals surface area (Å²) in [5.41, 5.74) is 7.03. The topological polar surface area (TPSA) is 266 Å². The Hall–Kier alpha value is -4.90. The number of carboxylic acid groups (broad SMARTS) is 3. The van der Waals surface area contributed by atoms with E-state index in [2.05, 4.69) is 72.3 Å². The first kappa shape index (κ1) is 49.1. The summed E-state index contributed by atoms with van der Waals surface area (Å²) in [6.45, 7) is 5.10. The fraction of sp³-hybridized carbons (Fsp3) is 0.541. The van der Waals surface area contributed by atoms with E-state index in [0.29, 0.717) is 24.6 Å². The second kappa shape index (κ2) is 30.6. The second-order valence-electron chi connectivity index (χ2n) is 12.4. The number of carboxylic acids is 3. The summed E-state index contributed by atoms with van der Waals surface area (Å²) in [4.78, 5) is 74.0. The first-order valence-electron chi connectivity index (χ1n) is 17.9. The van der Waals surface area contributed by atoms with Crippen molar-refractivity contribution in [3.05, 3.63) is 48.0 Å². The third-order valence-electron chi connectivity index (χ3n) is 7.73. The molecule has 2 aromatic rings. The highest BCUT2D eigenvalue weighted by atomic mass is 32.2. The molecule has 10 N–H and O–H groups in total. The molecule has 0 spiro atoms. The maximum Gasteiger partial charge on any atom is 0.326 e. The minimum absolute atomic E-state index is 0.00919. The molecule has 1 fully saturated rings. The number of carbonyl (C=O) groups is 7. The van der Waals surface area contributed by atoms with Gasteiger partial charge in [-0.25, -0.2) is 9.59 Å². The lowest BCUT2D eigenvalue weighted by atomic mass is 9.89. The zero-order valence-corrected chi connectivity index (χ0v) is 32.3. The largest absolute Gasteiger partial charge is 0.481 e. The van der Waals surface area contributed by atoms with Gasteiger partial charge < -0.3 is 47.6 Å². The maximum atomic E-state index is 11.5. The standard InChI is InChI=1S/C11H22N2OS.C11H10.C8H12N2O7.C7H14N2O2/c1-15-8-10(12)11(14)13-7-9-5-3-2-4-6-9;1-9-6-7-10-4-2-3-5-11(10)8-9;11-5(12)2-1-4(7(15)16)10-8(17)9-3-6(13)14;1-2-3-4-9-7(11)5-8-6-10/h9-10H,2-8,12H2,1H3,(H,13,14);2-8H,1H3;4H,1-3H2,(H,11,12)(H,13,14)(H,15,16)(H2,9,10,17);6H,2-5H2,1H3,(H,8,10)(H,9,11). The van der Waals surface area contributed by atoms with Crippen molar-refractivity contribution in [2.45, 2.75) is 83.7 Å². The van der Waals surface area contributed by atoms with Gasteiger partial charge in [0.1, 0.15) is 12.6 Å². The van der Waals surface area contributed by atoms with Crippen LogP contribution in [-0.2, 0) is 28.8 Å². The van der Waals surface area contributed by atoms with Gasteiger partial charge in [-0.05, 0) is 55.6 Å². The van der Waals surface area contributed by atoms with Gasteiger partial charge in [0.05, 0.1) is 12.6 Å². The smallest absolute Gasteiger partial charge is 0.326 e. The minimum atomic E-state index is -1.39. The summed E-state index contributed by atoms with van der Waals surface area (Å²) in [7, 11) is 0. The molecule has 1 aliphatic rings. The van der Waals surface area contributed by atoms with E-state index in [0.717, 1.165) is 19.4 Å². The van der Waals surface area contributed by atoms with Crippen LogP contribution in [0.25, 0.3) is 10.8 Å². The summed E-state index contributed by atoms with van der Waals surface area (Å²) in [6, 6.07) is 12.2. The molecule has 2 unspecified atom stereocenters. The summed E-state index contributed by atoms with van der Waals surface area (Å²) in [6.07, 6.45) is 10.3. The third kappa shape index (κ3) is 26.0. The SMILES string of the molecule is CCCCNC(=O)CNC=O.CSCC(N)C(=O)NCC1CCCCC1.Cc1ccc2ccccc2c1.O=C(O)CCC(NC(=O)NCC(=O)O)C(=O)O. The number of nitrogens with one attached hydrogen (secondary N) is 5. The van der Waals surface area contributed by atoms with Crippen LogP contribution >= 0.6 is 11.8 Å². The molecule has 54 heavy (non-hydrogen) atoms. The molecule has 5 amide bonds. The Morgan fingerprint density at radius 3 is 2.15 bits per heavy atom. The van der Waals surface area contributed by atoms with Crippen LogP contribution in [-0.4, -0.2) is 108 Å². The lowest BCUT2D eigenvalue weighted by Crippen LogP contribution is -2.47. The third-order valence-corrected chi connectivity index (χ3v) is 8.42. The van der Waals surface area contributed by atoms with Gasteiger partial charge >= 0.3 is 23.9 Å². The van der Waals surface area contributed by atoms with Crippen molar-refractivity contribution in [2.75, 3.05) is 38.2 Å². The number of aliphatic carboxylic acids is 3. The van der Waals surface area contributed by atoms with Crippen molar-refractivity contribution in [3.8, 4) is 0 Å². The molecule has 0 aromatic heterocycles. The average Bonchev–Trinajstić information content (AvgIpc) is 3.15. The van der Waals surface area contributed by atoms with Crippen LogP contribution in [0.4, 0.5) is 4.79 Å². The van der Waals surface area contributed by atoms with Crippen LogP contribution in [0.3, 0.4) is 0 Å². The van der Waals surface area contributed by atoms with E-state index in [1.807, 2.05) is 16.9 Å². The van der Waals surface area contributed by atoms with Crippen LogP contribution < -0.4 is 32.3 Å². The number of hydrogen-bond donors (Lipinski definition) is 9. The molecule has 17 heteroatoms. The van der Waals surface area contributed by atoms with Gasteiger partial charge in [0.25, 0.3) is 0 Å². The van der Waals surface area contributed by atoms with Crippen LogP contribution in [0, 0.1) is 12.8 Å². The van der Waals surface area contributed by atoms with Crippen molar-refractivity contribution in [2.24, 2.45) is 11.7 Å². The first-order chi connectivity index (χ1) is 25.7. The summed E-state index contributed by atoms with van der Waals surface area (Å²) < 4.78 is 0. The number of thioether (sulfide) groups is 1. The molecule has 0 bridgehead atoms. The summed E-state index contributed by atoms with van der Waals surface area (Å²) in [5, 5.41) is 39.7. The summed E-state index contributed by atoms with van der Waals surface area (Å²) >= 11 is 1.61. The number of rotatable bonds is 18. The van der Waals surface area contributed by atoms with Crippen molar-refractivity contribution in [1.29, 1.82) is 0 Å². The molecule has 2 atom stereocenters. The number of urea groups is 1. The average molecular weight is 779 g/mol. The van der Waals surface area contributed by atoms with Crippen LogP contribution in [0.2, 0.25) is 0 Å². The molecule has 3 rings (SSSR count). The Bertz CT molecular complexity index is 1440. The predicted molar refractivity (Wildman–Crippen MR) is 209 cm³/mol. The number of nitrogens with two attached hydrogens (primary N) is 1. The fourth-order valence-corrected chi connectivity index (χ4v) is 5.33. The van der Waals surface area contributed by atoms with Crippen LogP contribution in [0.1, 0.15) is 70.3 Å². The fourth-order valence-electron chi connectivity index (χ4n) is 4.82. The summed E-state index contributed by atoms with van der Waals surface area (Å²) in [5.74, 6) is -2.60. The van der Waals surface area contributed by atoms with Crippen LogP contribution in [0.15, 0.2) is 42.5 Å². The zero-order valence-electron chi connectivity index (χ0n) is 31.4. The molecule has 0 saturated heterocycles. The van der Waals surface area contributed by atoms with Gasteiger partial charge in [-0.2, -0.15) is 11.8 Å². The second-order valence-corrected chi connectivity index (χ2v) is 13.3. The number of hydrogen-bond acceptors (Lipinski definition) is 9. The normalized spacial score (nSPS) is 13.0. The number of aryl methyl sites for hydroxylation is 1. The Morgan fingerprint density at radius 2 is 1.57 bits per heavy atom. The van der Waals surface area contributed by atoms with Gasteiger partial charge in [0.2, 0.25) is 18.2 Å². The van der Waals surface area contributed by atoms with Gasteiger partial charge in [-0.15, -0.1) is 0 Å². The number of benzene rings is 2. The Morgan fingerprint density at radius 1 is 0.907 bits per heavy atom. The maximum absolute atomic E-state index is 11.5. The van der Waals surface area contributed by atoms with Gasteiger partial charge in [-0.3, -0.25) is 24.0 Å². The molecule has 16 nitrogen and oxygen atoms in total. The molecular weight excluding hydrogens is 721 g/mol. The number of unbranched alkanes of at least 4 members (excludes halogenated alkanes) is 1. The first-order valence-corrected chi connectivity index (χ1v) is 19.2. The van der Waals surface area contributed by atoms with Gasteiger partial charge in [0, 0.05) is 25.3 Å². The lowest BCUT2D eigenvalue weighted by molar-refractivity contribution is -0.140. The predicted octanol–water partition coefficient (Wildman–Crippen LogP) is 2.86. The molecule has 1 saturated carbocycles. The Labute approximate surface area is 321 Å². The zero-order chi connectivity index (χ0) is 40.7. The number of amides is 5. The van der Waals surface area contributed by atoms with Crippen molar-refractivity contribution in [3.63, 3.8) is 0 Å². The molecule has 0 aliphatic heterocycles. The number of carbonyl (C=O) groups excluding carboxylic acids is 4. The molecule has 1 aliphatic carbocycles. The molecule has 0 heterocycles. The van der Waals surface area contributed by atoms with E-state index in [4.69, 9.17) is 21.1 Å². The van der Waals surface area contributed by atoms with E-state index < -0.39 is 42.9 Å². The highest BCUT2D eigenvalue weighted by Crippen LogP contribution is 2.22. The highest BCUT2D eigenvalue weighted by Gasteiger charge is 2.21. The highest BCUT2D eigenvalue weighted by molar-refractivity contribution is 7.98. The molecule has 0 radical (unpaired) electrons. The van der Waals surface area contributed by atoms with E-state index in [9.17, 15) is 33.6 Å². The quantitative estimate of drug-likeness (QED) is 0.0782. The Kier molecular flexibility index (Phi) is 27.8. The minimum Gasteiger partial charge on any atom is -0.481 e. The van der Waals surface area contributed by atoms with Crippen LogP contribution in [0.5, 0.6) is 0 Å². The van der Waals surface area contributed by atoms with Gasteiger partial charge in [0.15, 0.2) is 0 Å². The van der Waals surface area contributed by atoms with Crippen molar-refractivity contribution < 1.29 is 48.9 Å². The van der Waals surface area contributed by atoms with E-state index in [1.165, 1.54) is 48.4 Å². The van der Waals surface area contributed by atoms with Crippen molar-refractivity contribution >= 4 is 64.7 Å². The monoisotopic (exact) mass is 778 g/mol. The number of fused-ring (bicyclic) bond motifs is 1. The molecule has 2 aromatic carbocycles. The molecular formula is C37H58N6O10S. The van der Waals surface area contributed by atoms with Crippen molar-refractivity contribution in [1.82, 2.24) is 26.6 Å². The van der Waals surface area contributed by atoms with Gasteiger partial charge in [-0.1, -0.05) is 80.6 Å². The lowest BCUT2D eigenvalue weighted by Gasteiger charge is -2.22. The van der Waals surface area contributed by atoms with E-state index >= 15 is 0 Å².